The molecule has 0 spiro atoms. The van der Waals surface area contributed by atoms with Gasteiger partial charge < -0.3 is 10.2 Å². The molecule has 1 aliphatic carbocycles. The number of carbonyl (C=O) groups is 2. The van der Waals surface area contributed by atoms with Gasteiger partial charge in [0.1, 0.15) is 0 Å². The van der Waals surface area contributed by atoms with Gasteiger partial charge in [-0.05, 0) is 53.0 Å². The summed E-state index contributed by atoms with van der Waals surface area (Å²) in [6.07, 6.45) is 5.62. The molecule has 1 saturated carbocycles. The highest BCUT2D eigenvalue weighted by Crippen LogP contribution is 2.25. The lowest BCUT2D eigenvalue weighted by atomic mass is 9.95. The molecule has 5 heteroatoms. The molecule has 0 radical (unpaired) electrons. The standard InChI is InChI=1S/C21H23BrN2O2/c1-24(21(26)16-11-5-7-13-18(16)22)19-14-8-6-12-17(19)20(25)23-15-9-3-2-4-10-15/h5-8,11-15H,2-4,9-10H2,1H3,(H,23,25). The van der Waals surface area contributed by atoms with Gasteiger partial charge in [-0.15, -0.1) is 0 Å². The quantitative estimate of drug-likeness (QED) is 0.781. The van der Waals surface area contributed by atoms with Crippen LogP contribution in [0.15, 0.2) is 53.0 Å². The second-order valence-corrected chi connectivity index (χ2v) is 7.52. The number of nitrogens with zero attached hydrogens (tertiary/aromatic N) is 1. The van der Waals surface area contributed by atoms with Crippen LogP contribution < -0.4 is 10.2 Å². The molecular weight excluding hydrogens is 392 g/mol. The van der Waals surface area contributed by atoms with Crippen molar-refractivity contribution in [2.75, 3.05) is 11.9 Å². The van der Waals surface area contributed by atoms with Crippen LogP contribution >= 0.6 is 15.9 Å². The monoisotopic (exact) mass is 414 g/mol. The zero-order valence-electron chi connectivity index (χ0n) is 14.9. The molecule has 0 heterocycles. The number of amides is 2. The number of hydrogen-bond acceptors (Lipinski definition) is 2. The number of halogens is 1. The molecular formula is C21H23BrN2O2. The molecule has 2 aromatic carbocycles. The lowest BCUT2D eigenvalue weighted by Gasteiger charge is -2.25. The Labute approximate surface area is 162 Å². The maximum Gasteiger partial charge on any atom is 0.259 e. The van der Waals surface area contributed by atoms with Gasteiger partial charge >= 0.3 is 0 Å². The molecule has 2 amide bonds. The summed E-state index contributed by atoms with van der Waals surface area (Å²) in [4.78, 5) is 27.2. The van der Waals surface area contributed by atoms with E-state index in [0.717, 1.165) is 30.2 Å². The fourth-order valence-electron chi connectivity index (χ4n) is 3.39. The van der Waals surface area contributed by atoms with Gasteiger partial charge in [-0.1, -0.05) is 43.5 Å². The van der Waals surface area contributed by atoms with Gasteiger partial charge in [0.15, 0.2) is 0 Å². The number of benzene rings is 2. The zero-order valence-corrected chi connectivity index (χ0v) is 16.5. The predicted molar refractivity (Wildman–Crippen MR) is 108 cm³/mol. The van der Waals surface area contributed by atoms with Gasteiger partial charge in [0.25, 0.3) is 11.8 Å². The van der Waals surface area contributed by atoms with Crippen LogP contribution in [0.3, 0.4) is 0 Å². The van der Waals surface area contributed by atoms with Crippen LogP contribution in [-0.4, -0.2) is 24.9 Å². The Hall–Kier alpha value is -2.14. The minimum Gasteiger partial charge on any atom is -0.349 e. The van der Waals surface area contributed by atoms with E-state index in [1.165, 1.54) is 11.3 Å². The topological polar surface area (TPSA) is 49.4 Å². The fraction of sp³-hybridized carbons (Fsp3) is 0.333. The zero-order chi connectivity index (χ0) is 18.5. The summed E-state index contributed by atoms with van der Waals surface area (Å²) in [6.45, 7) is 0. The van der Waals surface area contributed by atoms with Crippen LogP contribution in [0.5, 0.6) is 0 Å². The normalized spacial score (nSPS) is 14.7. The maximum atomic E-state index is 12.9. The molecule has 0 bridgehead atoms. The first-order valence-corrected chi connectivity index (χ1v) is 9.79. The van der Waals surface area contributed by atoms with Gasteiger partial charge in [-0.3, -0.25) is 9.59 Å². The Morgan fingerprint density at radius 3 is 2.27 bits per heavy atom. The van der Waals surface area contributed by atoms with E-state index in [4.69, 9.17) is 0 Å². The Kier molecular flexibility index (Phi) is 6.09. The Morgan fingerprint density at radius 2 is 1.58 bits per heavy atom. The smallest absolute Gasteiger partial charge is 0.259 e. The fourth-order valence-corrected chi connectivity index (χ4v) is 3.85. The summed E-state index contributed by atoms with van der Waals surface area (Å²) in [5, 5.41) is 3.13. The molecule has 1 aliphatic rings. The van der Waals surface area contributed by atoms with Crippen molar-refractivity contribution in [2.45, 2.75) is 38.1 Å². The number of rotatable bonds is 4. The first-order chi connectivity index (χ1) is 12.6. The van der Waals surface area contributed by atoms with Crippen LogP contribution in [0, 0.1) is 0 Å². The molecule has 0 unspecified atom stereocenters. The number of carbonyl (C=O) groups excluding carboxylic acids is 2. The molecule has 0 saturated heterocycles. The molecule has 0 aliphatic heterocycles. The van der Waals surface area contributed by atoms with E-state index < -0.39 is 0 Å². The molecule has 26 heavy (non-hydrogen) atoms. The average molecular weight is 415 g/mol. The van der Waals surface area contributed by atoms with Crippen molar-refractivity contribution in [3.05, 3.63) is 64.1 Å². The number of hydrogen-bond donors (Lipinski definition) is 1. The lowest BCUT2D eigenvalue weighted by Crippen LogP contribution is -2.37. The first-order valence-electron chi connectivity index (χ1n) is 9.00. The van der Waals surface area contributed by atoms with Crippen molar-refractivity contribution in [3.8, 4) is 0 Å². The summed E-state index contributed by atoms with van der Waals surface area (Å²) < 4.78 is 0.737. The van der Waals surface area contributed by atoms with Crippen molar-refractivity contribution in [1.82, 2.24) is 5.32 Å². The summed E-state index contributed by atoms with van der Waals surface area (Å²) in [5.74, 6) is -0.269. The van der Waals surface area contributed by atoms with Crippen molar-refractivity contribution in [3.63, 3.8) is 0 Å². The van der Waals surface area contributed by atoms with Gasteiger partial charge in [-0.2, -0.15) is 0 Å². The van der Waals surface area contributed by atoms with Gasteiger partial charge in [-0.25, -0.2) is 0 Å². The highest BCUT2D eigenvalue weighted by atomic mass is 79.9. The highest BCUT2D eigenvalue weighted by Gasteiger charge is 2.23. The van der Waals surface area contributed by atoms with Crippen molar-refractivity contribution in [1.29, 1.82) is 0 Å². The minimum absolute atomic E-state index is 0.112. The summed E-state index contributed by atoms with van der Waals surface area (Å²) in [7, 11) is 1.70. The van der Waals surface area contributed by atoms with E-state index >= 15 is 0 Å². The first kappa shape index (κ1) is 18.6. The number of nitrogens with one attached hydrogen (secondary N) is 1. The van der Waals surface area contributed by atoms with Crippen molar-refractivity contribution in [2.24, 2.45) is 0 Å². The largest absolute Gasteiger partial charge is 0.349 e. The van der Waals surface area contributed by atoms with Gasteiger partial charge in [0.2, 0.25) is 0 Å². The molecule has 1 N–H and O–H groups in total. The van der Waals surface area contributed by atoms with E-state index in [9.17, 15) is 9.59 Å². The predicted octanol–water partition coefficient (Wildman–Crippen LogP) is 4.79. The molecule has 2 aromatic rings. The van der Waals surface area contributed by atoms with Crippen molar-refractivity contribution < 1.29 is 9.59 Å². The van der Waals surface area contributed by atoms with Gasteiger partial charge in [0.05, 0.1) is 16.8 Å². The summed E-state index contributed by atoms with van der Waals surface area (Å²) in [5.41, 5.74) is 1.71. The number of para-hydroxylation sites is 1. The number of anilines is 1. The maximum absolute atomic E-state index is 12.9. The van der Waals surface area contributed by atoms with E-state index in [1.54, 1.807) is 19.2 Å². The molecule has 4 nitrogen and oxygen atoms in total. The third-order valence-electron chi connectivity index (χ3n) is 4.86. The molecule has 0 atom stereocenters. The molecule has 0 aromatic heterocycles. The lowest BCUT2D eigenvalue weighted by molar-refractivity contribution is 0.0928. The van der Waals surface area contributed by atoms with Crippen molar-refractivity contribution >= 4 is 33.4 Å². The van der Waals surface area contributed by atoms with Gasteiger partial charge in [0, 0.05) is 17.6 Å². The Bertz CT molecular complexity index is 800. The van der Waals surface area contributed by atoms with Crippen LogP contribution in [0.1, 0.15) is 52.8 Å². The van der Waals surface area contributed by atoms with E-state index in [-0.39, 0.29) is 17.9 Å². The third kappa shape index (κ3) is 4.15. The SMILES string of the molecule is CN(C(=O)c1ccccc1Br)c1ccccc1C(=O)NC1CCCCC1. The highest BCUT2D eigenvalue weighted by molar-refractivity contribution is 9.10. The average Bonchev–Trinajstić information content (AvgIpc) is 2.68. The molecule has 136 valence electrons. The van der Waals surface area contributed by atoms with Crippen LogP contribution in [0.25, 0.3) is 0 Å². The third-order valence-corrected chi connectivity index (χ3v) is 5.55. The second-order valence-electron chi connectivity index (χ2n) is 6.67. The minimum atomic E-state index is -0.157. The van der Waals surface area contributed by atoms with Crippen LogP contribution in [0.4, 0.5) is 5.69 Å². The van der Waals surface area contributed by atoms with E-state index in [0.29, 0.717) is 16.8 Å². The summed E-state index contributed by atoms with van der Waals surface area (Å²) >= 11 is 3.42. The van der Waals surface area contributed by atoms with Crippen LogP contribution in [0.2, 0.25) is 0 Å². The second kappa shape index (κ2) is 8.49. The van der Waals surface area contributed by atoms with E-state index in [2.05, 4.69) is 21.2 Å². The molecule has 3 rings (SSSR count). The molecule has 1 fully saturated rings. The Balaban J connectivity index is 1.83. The van der Waals surface area contributed by atoms with Crippen LogP contribution in [-0.2, 0) is 0 Å². The van der Waals surface area contributed by atoms with E-state index in [1.807, 2.05) is 36.4 Å². The Morgan fingerprint density at radius 1 is 0.962 bits per heavy atom. The summed E-state index contributed by atoms with van der Waals surface area (Å²) in [6, 6.07) is 14.8.